The highest BCUT2D eigenvalue weighted by Gasteiger charge is 2.21. The molecule has 0 fully saturated rings. The standard InChI is InChI=1S/C27H24FN5O2/c1-15-10-17-12-23(32-22(17)13-21(15)30-3)26(34)19-14-31-33(27(19)29)24-9-8-18(11-16(24)2)35-25-7-5-4-6-20(25)28/h4-14,30,32H,29H2,1-3H3. The third-order valence-corrected chi connectivity index (χ3v) is 5.99. The molecule has 0 aliphatic heterocycles. The fraction of sp³-hybridized carbons (Fsp3) is 0.111. The normalized spacial score (nSPS) is 11.1. The van der Waals surface area contributed by atoms with E-state index in [0.717, 1.165) is 27.7 Å². The van der Waals surface area contributed by atoms with E-state index in [1.807, 2.05) is 39.1 Å². The number of hydrogen-bond donors (Lipinski definition) is 3. The van der Waals surface area contributed by atoms with Crippen LogP contribution in [0.3, 0.4) is 0 Å². The summed E-state index contributed by atoms with van der Waals surface area (Å²) in [4.78, 5) is 16.4. The molecule has 2 aromatic heterocycles. The summed E-state index contributed by atoms with van der Waals surface area (Å²) < 4.78 is 21.1. The van der Waals surface area contributed by atoms with E-state index < -0.39 is 5.82 Å². The van der Waals surface area contributed by atoms with Crippen LogP contribution in [-0.2, 0) is 0 Å². The number of nitrogens with zero attached hydrogens (tertiary/aromatic N) is 2. The number of H-pyrrole nitrogens is 1. The van der Waals surface area contributed by atoms with Crippen LogP contribution in [0.2, 0.25) is 0 Å². The number of ketones is 1. The number of carbonyl (C=O) groups is 1. The topological polar surface area (TPSA) is 98.0 Å². The molecule has 5 aromatic rings. The van der Waals surface area contributed by atoms with Gasteiger partial charge in [0.1, 0.15) is 11.6 Å². The van der Waals surface area contributed by atoms with Crippen LogP contribution in [0.1, 0.15) is 27.2 Å². The van der Waals surface area contributed by atoms with Crippen LogP contribution < -0.4 is 15.8 Å². The molecule has 2 heterocycles. The molecular weight excluding hydrogens is 445 g/mol. The van der Waals surface area contributed by atoms with Crippen LogP contribution in [-0.4, -0.2) is 27.6 Å². The second-order valence-corrected chi connectivity index (χ2v) is 8.35. The SMILES string of the molecule is CNc1cc2[nH]c(C(=O)c3cnn(-c4ccc(Oc5ccccc5F)cc4C)c3N)cc2cc1C. The van der Waals surface area contributed by atoms with E-state index in [2.05, 4.69) is 15.4 Å². The van der Waals surface area contributed by atoms with Gasteiger partial charge in [-0.15, -0.1) is 0 Å². The van der Waals surface area contributed by atoms with Crippen molar-refractivity contribution in [2.45, 2.75) is 13.8 Å². The fourth-order valence-corrected chi connectivity index (χ4v) is 4.14. The lowest BCUT2D eigenvalue weighted by Gasteiger charge is -2.12. The number of ether oxygens (including phenoxy) is 1. The van der Waals surface area contributed by atoms with Crippen LogP contribution in [0.5, 0.6) is 11.5 Å². The quantitative estimate of drug-likeness (QED) is 0.275. The zero-order chi connectivity index (χ0) is 24.7. The second-order valence-electron chi connectivity index (χ2n) is 8.35. The summed E-state index contributed by atoms with van der Waals surface area (Å²) in [5.41, 5.74) is 11.5. The van der Waals surface area contributed by atoms with Crippen LogP contribution in [0.15, 0.2) is 66.9 Å². The lowest BCUT2D eigenvalue weighted by Crippen LogP contribution is -2.08. The van der Waals surface area contributed by atoms with Crippen LogP contribution >= 0.6 is 0 Å². The van der Waals surface area contributed by atoms with Crippen molar-refractivity contribution >= 4 is 28.2 Å². The Morgan fingerprint density at radius 2 is 1.89 bits per heavy atom. The first-order valence-electron chi connectivity index (χ1n) is 11.1. The van der Waals surface area contributed by atoms with Crippen LogP contribution in [0.25, 0.3) is 16.6 Å². The van der Waals surface area contributed by atoms with Gasteiger partial charge in [-0.05, 0) is 73.5 Å². The molecule has 0 saturated carbocycles. The Labute approximate surface area is 201 Å². The second kappa shape index (κ2) is 8.64. The van der Waals surface area contributed by atoms with Crippen LogP contribution in [0.4, 0.5) is 15.9 Å². The maximum Gasteiger partial charge on any atom is 0.214 e. The number of nitrogen functional groups attached to an aromatic ring is 1. The van der Waals surface area contributed by atoms with E-state index in [4.69, 9.17) is 10.5 Å². The minimum Gasteiger partial charge on any atom is -0.454 e. The van der Waals surface area contributed by atoms with E-state index in [-0.39, 0.29) is 17.4 Å². The molecule has 0 aliphatic rings. The van der Waals surface area contributed by atoms with E-state index in [0.29, 0.717) is 22.7 Å². The predicted octanol–water partition coefficient (Wildman–Crippen LogP) is 5.76. The number of aromatic nitrogens is 3. The zero-order valence-electron chi connectivity index (χ0n) is 19.5. The largest absolute Gasteiger partial charge is 0.454 e. The summed E-state index contributed by atoms with van der Waals surface area (Å²) in [6.45, 7) is 3.88. The Bertz CT molecular complexity index is 1580. The zero-order valence-corrected chi connectivity index (χ0v) is 19.5. The molecule has 0 unspecified atom stereocenters. The average molecular weight is 470 g/mol. The van der Waals surface area contributed by atoms with E-state index in [9.17, 15) is 9.18 Å². The smallest absolute Gasteiger partial charge is 0.214 e. The van der Waals surface area contributed by atoms with Crippen molar-refractivity contribution < 1.29 is 13.9 Å². The molecule has 5 rings (SSSR count). The summed E-state index contributed by atoms with van der Waals surface area (Å²) in [7, 11) is 1.86. The summed E-state index contributed by atoms with van der Waals surface area (Å²) in [5, 5.41) is 8.45. The molecule has 176 valence electrons. The molecule has 35 heavy (non-hydrogen) atoms. The highest BCUT2D eigenvalue weighted by Crippen LogP contribution is 2.30. The number of nitrogens with one attached hydrogen (secondary N) is 2. The third-order valence-electron chi connectivity index (χ3n) is 5.99. The monoisotopic (exact) mass is 469 g/mol. The minimum atomic E-state index is -0.442. The lowest BCUT2D eigenvalue weighted by molar-refractivity contribution is 0.103. The molecule has 0 amide bonds. The summed E-state index contributed by atoms with van der Waals surface area (Å²) in [6.07, 6.45) is 1.47. The Morgan fingerprint density at radius 3 is 2.63 bits per heavy atom. The van der Waals surface area contributed by atoms with Crippen molar-refractivity contribution in [1.82, 2.24) is 14.8 Å². The van der Waals surface area contributed by atoms with Gasteiger partial charge in [-0.25, -0.2) is 9.07 Å². The number of halogens is 1. The molecule has 8 heteroatoms. The van der Waals surface area contributed by atoms with Gasteiger partial charge in [0.25, 0.3) is 0 Å². The number of hydrogen-bond acceptors (Lipinski definition) is 5. The van der Waals surface area contributed by atoms with Gasteiger partial charge < -0.3 is 20.8 Å². The average Bonchev–Trinajstić information content (AvgIpc) is 3.43. The Hall–Kier alpha value is -4.59. The maximum absolute atomic E-state index is 13.9. The number of anilines is 2. The Kier molecular flexibility index (Phi) is 5.49. The first-order valence-corrected chi connectivity index (χ1v) is 11.1. The highest BCUT2D eigenvalue weighted by atomic mass is 19.1. The molecule has 3 aromatic carbocycles. The molecule has 0 radical (unpaired) electrons. The Morgan fingerprint density at radius 1 is 1.09 bits per heavy atom. The Balaban J connectivity index is 1.44. The van der Waals surface area contributed by atoms with Crippen molar-refractivity contribution in [3.63, 3.8) is 0 Å². The molecule has 0 spiro atoms. The van der Waals surface area contributed by atoms with Gasteiger partial charge in [0, 0.05) is 23.6 Å². The first-order chi connectivity index (χ1) is 16.9. The van der Waals surface area contributed by atoms with Crippen LogP contribution in [0, 0.1) is 19.7 Å². The number of carbonyl (C=O) groups excluding carboxylic acids is 1. The van der Waals surface area contributed by atoms with Crippen molar-refractivity contribution in [2.75, 3.05) is 18.1 Å². The number of aromatic amines is 1. The third kappa shape index (κ3) is 3.99. The van der Waals surface area contributed by atoms with Crippen molar-refractivity contribution in [3.05, 3.63) is 95.1 Å². The molecule has 4 N–H and O–H groups in total. The molecule has 0 aliphatic carbocycles. The number of para-hydroxylation sites is 1. The molecule has 0 saturated heterocycles. The van der Waals surface area contributed by atoms with Gasteiger partial charge in [-0.1, -0.05) is 12.1 Å². The minimum absolute atomic E-state index is 0.140. The van der Waals surface area contributed by atoms with Crippen molar-refractivity contribution in [2.24, 2.45) is 0 Å². The number of rotatable bonds is 6. The molecule has 0 atom stereocenters. The summed E-state index contributed by atoms with van der Waals surface area (Å²) in [5.74, 6) is 0.162. The fourth-order valence-electron chi connectivity index (χ4n) is 4.14. The summed E-state index contributed by atoms with van der Waals surface area (Å²) in [6, 6.07) is 17.3. The summed E-state index contributed by atoms with van der Waals surface area (Å²) >= 11 is 0. The van der Waals surface area contributed by atoms with Gasteiger partial charge >= 0.3 is 0 Å². The number of aryl methyl sites for hydroxylation is 2. The van der Waals surface area contributed by atoms with Gasteiger partial charge in [-0.2, -0.15) is 5.10 Å². The number of nitrogens with two attached hydrogens (primary N) is 1. The molecule has 7 nitrogen and oxygen atoms in total. The number of benzene rings is 3. The first kappa shape index (κ1) is 22.2. The van der Waals surface area contributed by atoms with Crippen molar-refractivity contribution in [1.29, 1.82) is 0 Å². The predicted molar refractivity (Wildman–Crippen MR) is 135 cm³/mol. The van der Waals surface area contributed by atoms with E-state index in [1.54, 1.807) is 36.4 Å². The van der Waals surface area contributed by atoms with E-state index >= 15 is 0 Å². The highest BCUT2D eigenvalue weighted by molar-refractivity contribution is 6.12. The molecule has 0 bridgehead atoms. The maximum atomic E-state index is 13.9. The van der Waals surface area contributed by atoms with Gasteiger partial charge in [0.2, 0.25) is 5.78 Å². The molecular formula is C27H24FN5O2. The van der Waals surface area contributed by atoms with Crippen molar-refractivity contribution in [3.8, 4) is 17.2 Å². The van der Waals surface area contributed by atoms with Gasteiger partial charge in [0.05, 0.1) is 23.1 Å². The lowest BCUT2D eigenvalue weighted by atomic mass is 10.1. The number of fused-ring (bicyclic) bond motifs is 1. The van der Waals surface area contributed by atoms with Gasteiger partial charge in [-0.3, -0.25) is 4.79 Å². The van der Waals surface area contributed by atoms with E-state index in [1.165, 1.54) is 16.9 Å². The van der Waals surface area contributed by atoms with Gasteiger partial charge in [0.15, 0.2) is 11.6 Å².